The number of carboxylic acid groups (broad SMARTS) is 1. The van der Waals surface area contributed by atoms with Crippen molar-refractivity contribution in [2.75, 3.05) is 5.32 Å². The van der Waals surface area contributed by atoms with E-state index in [1.165, 1.54) is 0 Å². The van der Waals surface area contributed by atoms with Gasteiger partial charge in [-0.3, -0.25) is 5.10 Å². The summed E-state index contributed by atoms with van der Waals surface area (Å²) in [4.78, 5) is 11.0. The smallest absolute Gasteiger partial charge is 0.356 e. The molecule has 2 aromatic heterocycles. The lowest BCUT2D eigenvalue weighted by atomic mass is 10.1. The minimum absolute atomic E-state index is 0.118. The fourth-order valence-electron chi connectivity index (χ4n) is 2.24. The zero-order valence-electron chi connectivity index (χ0n) is 9.53. The summed E-state index contributed by atoms with van der Waals surface area (Å²) in [5.74, 6) is -0.998. The highest BCUT2D eigenvalue weighted by atomic mass is 16.4. The molecule has 0 fully saturated rings. The lowest BCUT2D eigenvalue weighted by Gasteiger charge is -2.16. The van der Waals surface area contributed by atoms with Crippen LogP contribution in [0.1, 0.15) is 21.9 Å². The van der Waals surface area contributed by atoms with Gasteiger partial charge < -0.3 is 15.0 Å². The molecule has 0 aromatic carbocycles. The molecule has 3 rings (SSSR count). The number of aromatic nitrogens is 3. The van der Waals surface area contributed by atoms with Gasteiger partial charge in [-0.25, -0.2) is 4.79 Å². The van der Waals surface area contributed by atoms with Gasteiger partial charge in [-0.2, -0.15) is 5.10 Å². The molecule has 0 aliphatic carbocycles. The van der Waals surface area contributed by atoms with Crippen molar-refractivity contribution in [2.45, 2.75) is 13.5 Å². The molecule has 0 spiro atoms. The first-order chi connectivity index (χ1) is 8.09. The first kappa shape index (κ1) is 9.95. The monoisotopic (exact) mass is 232 g/mol. The first-order valence-corrected chi connectivity index (χ1v) is 5.30. The summed E-state index contributed by atoms with van der Waals surface area (Å²) in [5, 5.41) is 18.8. The molecule has 0 atom stereocenters. The number of H-pyrrole nitrogens is 1. The highest BCUT2D eigenvalue weighted by molar-refractivity contribution is 5.97. The second kappa shape index (κ2) is 3.13. The van der Waals surface area contributed by atoms with Crippen LogP contribution >= 0.6 is 0 Å². The van der Waals surface area contributed by atoms with Gasteiger partial charge in [-0.1, -0.05) is 0 Å². The summed E-state index contributed by atoms with van der Waals surface area (Å²) in [6, 6.07) is 2.03. The second-order valence-electron chi connectivity index (χ2n) is 4.19. The van der Waals surface area contributed by atoms with Crippen LogP contribution < -0.4 is 5.32 Å². The maximum atomic E-state index is 11.0. The lowest BCUT2D eigenvalue weighted by Crippen LogP contribution is -2.13. The number of aryl methyl sites for hydroxylation is 1. The minimum Gasteiger partial charge on any atom is -0.476 e. The van der Waals surface area contributed by atoms with E-state index in [2.05, 4.69) is 20.1 Å². The fraction of sp³-hybridized carbons (Fsp3) is 0.273. The lowest BCUT2D eigenvalue weighted by molar-refractivity contribution is 0.0691. The molecule has 0 radical (unpaired) electrons. The van der Waals surface area contributed by atoms with E-state index in [1.54, 1.807) is 0 Å². The predicted molar refractivity (Wildman–Crippen MR) is 62.0 cm³/mol. The van der Waals surface area contributed by atoms with E-state index < -0.39 is 5.97 Å². The molecule has 17 heavy (non-hydrogen) atoms. The van der Waals surface area contributed by atoms with Crippen molar-refractivity contribution < 1.29 is 9.90 Å². The first-order valence-electron chi connectivity index (χ1n) is 5.30. The number of anilines is 1. The quantitative estimate of drug-likeness (QED) is 0.693. The molecule has 1 aliphatic heterocycles. The Morgan fingerprint density at radius 3 is 3.06 bits per heavy atom. The van der Waals surface area contributed by atoms with Gasteiger partial charge in [0.15, 0.2) is 5.69 Å². The number of hydrogen-bond donors (Lipinski definition) is 3. The summed E-state index contributed by atoms with van der Waals surface area (Å²) in [5.41, 5.74) is 4.64. The van der Waals surface area contributed by atoms with Crippen LogP contribution in [0.3, 0.4) is 0 Å². The molecule has 0 saturated carbocycles. The summed E-state index contributed by atoms with van der Waals surface area (Å²) in [7, 11) is 1.99. The van der Waals surface area contributed by atoms with Crippen molar-refractivity contribution in [1.29, 1.82) is 0 Å². The molecule has 3 N–H and O–H groups in total. The maximum Gasteiger partial charge on any atom is 0.356 e. The number of hydrogen-bond acceptors (Lipinski definition) is 3. The predicted octanol–water partition coefficient (Wildman–Crippen LogP) is 1.35. The highest BCUT2D eigenvalue weighted by Crippen LogP contribution is 2.37. The number of nitrogens with one attached hydrogen (secondary N) is 2. The molecule has 88 valence electrons. The largest absolute Gasteiger partial charge is 0.476 e. The second-order valence-corrected chi connectivity index (χ2v) is 4.19. The van der Waals surface area contributed by atoms with Crippen molar-refractivity contribution in [3.05, 3.63) is 23.1 Å². The summed E-state index contributed by atoms with van der Waals surface area (Å²) in [6.07, 6.45) is 0. The zero-order valence-corrected chi connectivity index (χ0v) is 9.53. The molecular formula is C11H12N4O2. The minimum atomic E-state index is -0.998. The standard InChI is InChI=1S/C11H12N4O2/c1-5-3-6-7(15(5)2)4-12-9-8(6)13-14-10(9)11(16)17/h3,12H,4H2,1-2H3,(H,13,14)(H,16,17). The number of aromatic carboxylic acids is 1. The van der Waals surface area contributed by atoms with Gasteiger partial charge >= 0.3 is 5.97 Å². The maximum absolute atomic E-state index is 11.0. The molecule has 3 heterocycles. The van der Waals surface area contributed by atoms with Crippen LogP contribution in [-0.2, 0) is 13.6 Å². The molecule has 0 amide bonds. The zero-order chi connectivity index (χ0) is 12.2. The van der Waals surface area contributed by atoms with Gasteiger partial charge in [0.05, 0.1) is 12.2 Å². The normalized spacial score (nSPS) is 12.8. The molecule has 2 aromatic rings. The molecule has 6 nitrogen and oxygen atoms in total. The van der Waals surface area contributed by atoms with Crippen LogP contribution in [0.5, 0.6) is 0 Å². The van der Waals surface area contributed by atoms with Crippen LogP contribution in [0.2, 0.25) is 0 Å². The number of nitrogens with zero attached hydrogens (tertiary/aromatic N) is 2. The summed E-state index contributed by atoms with van der Waals surface area (Å²) >= 11 is 0. The van der Waals surface area contributed by atoms with Gasteiger partial charge in [0.1, 0.15) is 5.69 Å². The fourth-order valence-corrected chi connectivity index (χ4v) is 2.24. The van der Waals surface area contributed by atoms with Crippen LogP contribution in [0.25, 0.3) is 11.3 Å². The van der Waals surface area contributed by atoms with Crippen molar-refractivity contribution in [1.82, 2.24) is 14.8 Å². The van der Waals surface area contributed by atoms with E-state index in [9.17, 15) is 4.79 Å². The number of rotatable bonds is 1. The molecule has 6 heteroatoms. The van der Waals surface area contributed by atoms with Crippen LogP contribution in [0.15, 0.2) is 6.07 Å². The van der Waals surface area contributed by atoms with Crippen molar-refractivity contribution >= 4 is 11.7 Å². The van der Waals surface area contributed by atoms with E-state index in [1.807, 2.05) is 20.0 Å². The Hall–Kier alpha value is -2.24. The van der Waals surface area contributed by atoms with Gasteiger partial charge in [0, 0.05) is 24.0 Å². The highest BCUT2D eigenvalue weighted by Gasteiger charge is 2.27. The molecular weight excluding hydrogens is 220 g/mol. The van der Waals surface area contributed by atoms with Gasteiger partial charge in [-0.15, -0.1) is 0 Å². The molecule has 1 aliphatic rings. The summed E-state index contributed by atoms with van der Waals surface area (Å²) in [6.45, 7) is 2.63. The third-order valence-electron chi connectivity index (χ3n) is 3.27. The van der Waals surface area contributed by atoms with E-state index in [4.69, 9.17) is 5.11 Å². The van der Waals surface area contributed by atoms with E-state index in [0.29, 0.717) is 17.9 Å². The Balaban J connectivity index is 2.24. The van der Waals surface area contributed by atoms with Crippen LogP contribution in [-0.4, -0.2) is 25.8 Å². The van der Waals surface area contributed by atoms with Crippen molar-refractivity contribution in [2.24, 2.45) is 7.05 Å². The number of aromatic amines is 1. The molecule has 0 bridgehead atoms. The van der Waals surface area contributed by atoms with Crippen LogP contribution in [0, 0.1) is 6.92 Å². The van der Waals surface area contributed by atoms with E-state index >= 15 is 0 Å². The van der Waals surface area contributed by atoms with Crippen molar-refractivity contribution in [3.63, 3.8) is 0 Å². The Morgan fingerprint density at radius 1 is 1.59 bits per heavy atom. The topological polar surface area (TPSA) is 82.9 Å². The van der Waals surface area contributed by atoms with Gasteiger partial charge in [0.2, 0.25) is 0 Å². The number of fused-ring (bicyclic) bond motifs is 3. The van der Waals surface area contributed by atoms with Gasteiger partial charge in [0.25, 0.3) is 0 Å². The molecule has 0 saturated heterocycles. The number of carboxylic acids is 1. The van der Waals surface area contributed by atoms with Gasteiger partial charge in [-0.05, 0) is 13.0 Å². The van der Waals surface area contributed by atoms with E-state index in [0.717, 1.165) is 17.0 Å². The van der Waals surface area contributed by atoms with Crippen molar-refractivity contribution in [3.8, 4) is 11.3 Å². The molecule has 0 unspecified atom stereocenters. The van der Waals surface area contributed by atoms with E-state index in [-0.39, 0.29) is 5.69 Å². The Kier molecular flexibility index (Phi) is 1.83. The third-order valence-corrected chi connectivity index (χ3v) is 3.27. The van der Waals surface area contributed by atoms with Crippen LogP contribution in [0.4, 0.5) is 5.69 Å². The SMILES string of the molecule is Cc1cc2c(n1C)CNc1c-2n[nH]c1C(=O)O. The Bertz CT molecular complexity index is 624. The average molecular weight is 232 g/mol. The summed E-state index contributed by atoms with van der Waals surface area (Å²) < 4.78 is 2.08. The number of carbonyl (C=O) groups is 1. The average Bonchev–Trinajstić information content (AvgIpc) is 2.82. The Morgan fingerprint density at radius 2 is 2.35 bits per heavy atom. The third kappa shape index (κ3) is 1.20. The Labute approximate surface area is 97.3 Å².